The Morgan fingerprint density at radius 3 is 1.40 bits per heavy atom. The first-order valence-corrected chi connectivity index (χ1v) is 15.8. The average Bonchev–Trinajstić information content (AvgIpc) is 3.80. The summed E-state index contributed by atoms with van der Waals surface area (Å²) in [6.07, 6.45) is 10.5. The zero-order chi connectivity index (χ0) is 34.8. The van der Waals surface area contributed by atoms with Crippen LogP contribution in [0.4, 0.5) is 0 Å². The normalized spacial score (nSPS) is 11.0. The number of hydrogen-bond acceptors (Lipinski definition) is 8. The first kappa shape index (κ1) is 31.8. The van der Waals surface area contributed by atoms with Gasteiger partial charge in [-0.15, -0.1) is 0 Å². The Labute approximate surface area is 285 Å². The zero-order valence-electron chi connectivity index (χ0n) is 27.7. The molecular weight excluding hydrogens is 632 g/mol. The highest BCUT2D eigenvalue weighted by Crippen LogP contribution is 2.33. The molecule has 50 heavy (non-hydrogen) atoms. The molecule has 0 bridgehead atoms. The van der Waals surface area contributed by atoms with Crippen LogP contribution in [0, 0.1) is 27.7 Å². The van der Waals surface area contributed by atoms with Gasteiger partial charge in [0.05, 0.1) is 34.2 Å². The summed E-state index contributed by atoms with van der Waals surface area (Å²) in [7, 11) is 0. The Hall–Kier alpha value is -6.82. The molecule has 0 fully saturated rings. The number of aromatic amines is 4. The fourth-order valence-corrected chi connectivity index (χ4v) is 5.76. The van der Waals surface area contributed by atoms with Gasteiger partial charge >= 0.3 is 0 Å². The van der Waals surface area contributed by atoms with Crippen LogP contribution in [0.2, 0.25) is 0 Å². The molecule has 8 aromatic rings. The van der Waals surface area contributed by atoms with Crippen LogP contribution in [0.15, 0.2) is 107 Å². The maximum absolute atomic E-state index is 11.8. The summed E-state index contributed by atoms with van der Waals surface area (Å²) >= 11 is 0. The van der Waals surface area contributed by atoms with E-state index in [2.05, 4.69) is 40.3 Å². The Morgan fingerprint density at radius 1 is 0.540 bits per heavy atom. The number of benzene rings is 2. The molecule has 0 saturated carbocycles. The molecule has 0 unspecified atom stereocenters. The van der Waals surface area contributed by atoms with E-state index in [9.17, 15) is 9.59 Å². The lowest BCUT2D eigenvalue weighted by Gasteiger charge is -2.11. The van der Waals surface area contributed by atoms with Gasteiger partial charge in [-0.3, -0.25) is 9.59 Å². The van der Waals surface area contributed by atoms with Gasteiger partial charge in [0.1, 0.15) is 11.5 Å². The standard InChI is InChI=1S/2C19H16N4O2/c2*1-11-9-13(25-19-15-5-7-20-17(15)6-8-21-19)3-4-14(11)16-10-22-23-18(24)12(16)2/h2*3-10,20H,1-2H3,(H,23,24). The predicted molar refractivity (Wildman–Crippen MR) is 192 cm³/mol. The van der Waals surface area contributed by atoms with Gasteiger partial charge in [-0.25, -0.2) is 20.2 Å². The van der Waals surface area contributed by atoms with Gasteiger partial charge in [0.2, 0.25) is 11.8 Å². The van der Waals surface area contributed by atoms with Crippen molar-refractivity contribution in [2.24, 2.45) is 0 Å². The minimum atomic E-state index is -0.180. The minimum absolute atomic E-state index is 0.180. The molecule has 0 aliphatic carbocycles. The minimum Gasteiger partial charge on any atom is -0.438 e. The van der Waals surface area contributed by atoms with Crippen LogP contribution in [0.1, 0.15) is 22.3 Å². The maximum Gasteiger partial charge on any atom is 0.267 e. The third-order valence-corrected chi connectivity index (χ3v) is 8.50. The maximum atomic E-state index is 11.8. The molecule has 12 heteroatoms. The third kappa shape index (κ3) is 6.24. The molecule has 0 saturated heterocycles. The van der Waals surface area contributed by atoms with Crippen molar-refractivity contribution in [3.63, 3.8) is 0 Å². The highest BCUT2D eigenvalue weighted by Gasteiger charge is 2.13. The van der Waals surface area contributed by atoms with Gasteiger partial charge < -0.3 is 19.4 Å². The summed E-state index contributed by atoms with van der Waals surface area (Å²) < 4.78 is 11.9. The van der Waals surface area contributed by atoms with Crippen LogP contribution in [0.25, 0.3) is 44.1 Å². The van der Waals surface area contributed by atoms with Crippen LogP contribution < -0.4 is 20.6 Å². The lowest BCUT2D eigenvalue weighted by Crippen LogP contribution is -2.12. The number of pyridine rings is 2. The van der Waals surface area contributed by atoms with E-state index in [0.717, 1.165) is 55.2 Å². The van der Waals surface area contributed by atoms with Crippen molar-refractivity contribution in [2.45, 2.75) is 27.7 Å². The second-order valence-electron chi connectivity index (χ2n) is 11.7. The van der Waals surface area contributed by atoms with E-state index in [1.807, 2.05) is 86.9 Å². The molecule has 248 valence electrons. The van der Waals surface area contributed by atoms with E-state index < -0.39 is 0 Å². The van der Waals surface area contributed by atoms with E-state index in [1.165, 1.54) is 0 Å². The molecule has 4 N–H and O–H groups in total. The SMILES string of the molecule is Cc1cc(Oc2nccc3[nH]ccc23)ccc1-c1cn[nH]c(=O)c1C.Cc1cc(Oc2nccc3[nH]ccc23)ccc1-c1cn[nH]c(=O)c1C. The van der Waals surface area contributed by atoms with Crippen LogP contribution in [0.5, 0.6) is 23.3 Å². The molecule has 6 heterocycles. The lowest BCUT2D eigenvalue weighted by molar-refractivity contribution is 0.468. The topological polar surface area (TPSA) is 167 Å². The largest absolute Gasteiger partial charge is 0.438 e. The summed E-state index contributed by atoms with van der Waals surface area (Å²) in [6.45, 7) is 7.53. The predicted octanol–water partition coefficient (Wildman–Crippen LogP) is 7.44. The molecule has 6 aromatic heterocycles. The van der Waals surface area contributed by atoms with E-state index >= 15 is 0 Å². The Morgan fingerprint density at radius 2 is 0.980 bits per heavy atom. The number of aromatic nitrogens is 8. The van der Waals surface area contributed by atoms with Crippen LogP contribution in [0.3, 0.4) is 0 Å². The van der Waals surface area contributed by atoms with Crippen molar-refractivity contribution < 1.29 is 9.47 Å². The van der Waals surface area contributed by atoms with Gasteiger partial charge in [0.15, 0.2) is 0 Å². The van der Waals surface area contributed by atoms with Crippen molar-refractivity contribution in [3.05, 3.63) is 141 Å². The summed E-state index contributed by atoms with van der Waals surface area (Å²) in [5.41, 5.74) is 8.41. The quantitative estimate of drug-likeness (QED) is 0.142. The summed E-state index contributed by atoms with van der Waals surface area (Å²) in [6, 6.07) is 19.2. The van der Waals surface area contributed by atoms with Gasteiger partial charge in [-0.05, 0) is 98.5 Å². The molecule has 0 amide bonds. The van der Waals surface area contributed by atoms with E-state index in [4.69, 9.17) is 9.47 Å². The molecule has 0 spiro atoms. The number of ether oxygens (including phenoxy) is 2. The fraction of sp³-hybridized carbons (Fsp3) is 0.105. The molecule has 0 aliphatic heterocycles. The number of hydrogen-bond donors (Lipinski definition) is 4. The van der Waals surface area contributed by atoms with Crippen LogP contribution in [-0.4, -0.2) is 40.3 Å². The number of aryl methyl sites for hydroxylation is 2. The van der Waals surface area contributed by atoms with E-state index in [1.54, 1.807) is 38.6 Å². The fourth-order valence-electron chi connectivity index (χ4n) is 5.76. The number of nitrogens with zero attached hydrogens (tertiary/aromatic N) is 4. The lowest BCUT2D eigenvalue weighted by atomic mass is 9.99. The summed E-state index contributed by atoms with van der Waals surface area (Å²) in [5, 5.41) is 14.5. The first-order chi connectivity index (χ1) is 24.3. The summed E-state index contributed by atoms with van der Waals surface area (Å²) in [5.74, 6) is 2.50. The molecule has 0 radical (unpaired) electrons. The highest BCUT2D eigenvalue weighted by molar-refractivity contribution is 5.85. The second kappa shape index (κ2) is 13.4. The molecule has 8 rings (SSSR count). The molecular formula is C38H32N8O4. The average molecular weight is 665 g/mol. The molecule has 0 atom stereocenters. The number of rotatable bonds is 6. The first-order valence-electron chi connectivity index (χ1n) is 15.8. The Bertz CT molecular complexity index is 2440. The Balaban J connectivity index is 0.000000157. The van der Waals surface area contributed by atoms with E-state index in [0.29, 0.717) is 34.4 Å². The monoisotopic (exact) mass is 664 g/mol. The van der Waals surface area contributed by atoms with Gasteiger partial charge in [-0.1, -0.05) is 12.1 Å². The number of H-pyrrole nitrogens is 4. The molecule has 2 aromatic carbocycles. The second-order valence-corrected chi connectivity index (χ2v) is 11.7. The van der Waals surface area contributed by atoms with Gasteiger partial charge in [0, 0.05) is 47.0 Å². The van der Waals surface area contributed by atoms with Gasteiger partial charge in [0.25, 0.3) is 11.1 Å². The van der Waals surface area contributed by atoms with Crippen molar-refractivity contribution in [1.29, 1.82) is 0 Å². The number of fused-ring (bicyclic) bond motifs is 2. The highest BCUT2D eigenvalue weighted by atomic mass is 16.5. The number of nitrogens with one attached hydrogen (secondary N) is 4. The van der Waals surface area contributed by atoms with Crippen molar-refractivity contribution in [3.8, 4) is 45.5 Å². The third-order valence-electron chi connectivity index (χ3n) is 8.50. The zero-order valence-corrected chi connectivity index (χ0v) is 27.7. The van der Waals surface area contributed by atoms with Crippen LogP contribution >= 0.6 is 0 Å². The Kier molecular flexibility index (Phi) is 8.48. The van der Waals surface area contributed by atoms with Crippen LogP contribution in [-0.2, 0) is 0 Å². The summed E-state index contributed by atoms with van der Waals surface area (Å²) in [4.78, 5) is 38.5. The van der Waals surface area contributed by atoms with Crippen molar-refractivity contribution in [2.75, 3.05) is 0 Å². The van der Waals surface area contributed by atoms with Crippen molar-refractivity contribution in [1.82, 2.24) is 40.3 Å². The molecule has 0 aliphatic rings. The molecule has 12 nitrogen and oxygen atoms in total. The smallest absolute Gasteiger partial charge is 0.267 e. The van der Waals surface area contributed by atoms with Gasteiger partial charge in [-0.2, -0.15) is 10.2 Å². The van der Waals surface area contributed by atoms with E-state index in [-0.39, 0.29) is 11.1 Å². The van der Waals surface area contributed by atoms with Crippen molar-refractivity contribution >= 4 is 21.8 Å².